The van der Waals surface area contributed by atoms with E-state index in [1.165, 1.54) is 0 Å². The summed E-state index contributed by atoms with van der Waals surface area (Å²) < 4.78 is 1.98. The summed E-state index contributed by atoms with van der Waals surface area (Å²) in [6.45, 7) is 7.28. The van der Waals surface area contributed by atoms with E-state index in [-0.39, 0.29) is 0 Å². The van der Waals surface area contributed by atoms with E-state index in [1.807, 2.05) is 10.6 Å². The summed E-state index contributed by atoms with van der Waals surface area (Å²) in [4.78, 5) is 4.29. The lowest BCUT2D eigenvalue weighted by atomic mass is 10.2. The monoisotopic (exact) mass is 219 g/mol. The van der Waals surface area contributed by atoms with Crippen LogP contribution in [0.1, 0.15) is 26.6 Å². The van der Waals surface area contributed by atoms with Crippen LogP contribution in [0, 0.1) is 5.92 Å². The molecule has 2 aromatic heterocycles. The predicted molar refractivity (Wildman–Crippen MR) is 63.5 cm³/mol. The van der Waals surface area contributed by atoms with Gasteiger partial charge < -0.3 is 5.32 Å². The number of hydrogen-bond donors (Lipinski definition) is 1. The van der Waals surface area contributed by atoms with Gasteiger partial charge in [-0.15, -0.1) is 10.2 Å². The van der Waals surface area contributed by atoms with Crippen LogP contribution in [0.25, 0.3) is 5.65 Å². The van der Waals surface area contributed by atoms with Gasteiger partial charge in [0.1, 0.15) is 5.82 Å². The van der Waals surface area contributed by atoms with Crippen molar-refractivity contribution in [3.63, 3.8) is 0 Å². The Kier molecular flexibility index (Phi) is 3.03. The molecule has 0 aliphatic carbocycles. The summed E-state index contributed by atoms with van der Waals surface area (Å²) in [5.74, 6) is 2.35. The first-order chi connectivity index (χ1) is 7.72. The standard InChI is InChI=1S/C11H17N5/c1-4-9-14-15-11-10(13-7-8(2)3)12-5-6-16(9)11/h5-6,8H,4,7H2,1-3H3,(H,12,13). The summed E-state index contributed by atoms with van der Waals surface area (Å²) >= 11 is 0. The summed E-state index contributed by atoms with van der Waals surface area (Å²) in [5.41, 5.74) is 0.806. The normalized spacial score (nSPS) is 11.2. The van der Waals surface area contributed by atoms with Gasteiger partial charge >= 0.3 is 0 Å². The van der Waals surface area contributed by atoms with Gasteiger partial charge in [-0.1, -0.05) is 20.8 Å². The Morgan fingerprint density at radius 2 is 2.19 bits per heavy atom. The molecule has 5 heteroatoms. The van der Waals surface area contributed by atoms with Crippen LogP contribution in [0.4, 0.5) is 5.82 Å². The molecule has 16 heavy (non-hydrogen) atoms. The van der Waals surface area contributed by atoms with E-state index in [0.29, 0.717) is 5.92 Å². The first-order valence-corrected chi connectivity index (χ1v) is 5.64. The van der Waals surface area contributed by atoms with Gasteiger partial charge in [0.2, 0.25) is 5.65 Å². The van der Waals surface area contributed by atoms with Gasteiger partial charge in [-0.3, -0.25) is 4.40 Å². The molecule has 86 valence electrons. The number of fused-ring (bicyclic) bond motifs is 1. The first kappa shape index (κ1) is 10.9. The van der Waals surface area contributed by atoms with Crippen molar-refractivity contribution in [2.45, 2.75) is 27.2 Å². The van der Waals surface area contributed by atoms with Crippen LogP contribution in [0.3, 0.4) is 0 Å². The summed E-state index contributed by atoms with van der Waals surface area (Å²) in [7, 11) is 0. The Morgan fingerprint density at radius 1 is 1.38 bits per heavy atom. The van der Waals surface area contributed by atoms with Gasteiger partial charge in [-0.25, -0.2) is 4.98 Å². The van der Waals surface area contributed by atoms with Crippen molar-refractivity contribution < 1.29 is 0 Å². The van der Waals surface area contributed by atoms with E-state index in [9.17, 15) is 0 Å². The van der Waals surface area contributed by atoms with Crippen LogP contribution >= 0.6 is 0 Å². The zero-order chi connectivity index (χ0) is 11.5. The summed E-state index contributed by atoms with van der Waals surface area (Å²) in [5, 5.41) is 11.6. The van der Waals surface area contributed by atoms with Gasteiger partial charge in [0, 0.05) is 25.4 Å². The quantitative estimate of drug-likeness (QED) is 0.851. The SMILES string of the molecule is CCc1nnc2c(NCC(C)C)nccn12. The molecule has 0 bridgehead atoms. The lowest BCUT2D eigenvalue weighted by molar-refractivity contribution is 0.687. The third-order valence-electron chi connectivity index (χ3n) is 2.39. The maximum Gasteiger partial charge on any atom is 0.203 e. The highest BCUT2D eigenvalue weighted by atomic mass is 15.3. The number of aryl methyl sites for hydroxylation is 1. The van der Waals surface area contributed by atoms with E-state index in [0.717, 1.165) is 30.3 Å². The molecule has 0 unspecified atom stereocenters. The van der Waals surface area contributed by atoms with Crippen LogP contribution in [-0.4, -0.2) is 26.1 Å². The molecule has 0 radical (unpaired) electrons. The van der Waals surface area contributed by atoms with Crippen molar-refractivity contribution >= 4 is 11.5 Å². The maximum atomic E-state index is 4.29. The average molecular weight is 219 g/mol. The Labute approximate surface area is 94.9 Å². The van der Waals surface area contributed by atoms with Crippen LogP contribution in [0.15, 0.2) is 12.4 Å². The first-order valence-electron chi connectivity index (χ1n) is 5.64. The van der Waals surface area contributed by atoms with Crippen molar-refractivity contribution in [2.24, 2.45) is 5.92 Å². The fourth-order valence-electron chi connectivity index (χ4n) is 1.54. The highest BCUT2D eigenvalue weighted by Crippen LogP contribution is 2.12. The minimum absolute atomic E-state index is 0.579. The molecule has 0 aromatic carbocycles. The van der Waals surface area contributed by atoms with Crippen LogP contribution in [0.5, 0.6) is 0 Å². The molecule has 0 aliphatic rings. The highest BCUT2D eigenvalue weighted by molar-refractivity contribution is 5.61. The topological polar surface area (TPSA) is 55.1 Å². The van der Waals surface area contributed by atoms with E-state index < -0.39 is 0 Å². The van der Waals surface area contributed by atoms with Crippen LogP contribution in [-0.2, 0) is 6.42 Å². The number of anilines is 1. The number of rotatable bonds is 4. The molecule has 0 spiro atoms. The molecule has 2 heterocycles. The molecule has 2 aromatic rings. The fraction of sp³-hybridized carbons (Fsp3) is 0.545. The molecule has 0 saturated carbocycles. The molecule has 0 amide bonds. The molecule has 5 nitrogen and oxygen atoms in total. The van der Waals surface area contributed by atoms with Gasteiger partial charge in [-0.05, 0) is 5.92 Å². The molecule has 1 N–H and O–H groups in total. The van der Waals surface area contributed by atoms with Crippen molar-refractivity contribution in [1.29, 1.82) is 0 Å². The third-order valence-corrected chi connectivity index (χ3v) is 2.39. The Morgan fingerprint density at radius 3 is 2.88 bits per heavy atom. The van der Waals surface area contributed by atoms with E-state index in [4.69, 9.17) is 0 Å². The molecular weight excluding hydrogens is 202 g/mol. The lowest BCUT2D eigenvalue weighted by Gasteiger charge is -2.08. The minimum Gasteiger partial charge on any atom is -0.367 e. The Hall–Kier alpha value is -1.65. The van der Waals surface area contributed by atoms with E-state index >= 15 is 0 Å². The third kappa shape index (κ3) is 1.98. The predicted octanol–water partition coefficient (Wildman–Crippen LogP) is 1.75. The molecule has 2 rings (SSSR count). The number of hydrogen-bond acceptors (Lipinski definition) is 4. The maximum absolute atomic E-state index is 4.29. The zero-order valence-electron chi connectivity index (χ0n) is 9.94. The number of aromatic nitrogens is 4. The van der Waals surface area contributed by atoms with E-state index in [1.54, 1.807) is 6.20 Å². The highest BCUT2D eigenvalue weighted by Gasteiger charge is 2.08. The largest absolute Gasteiger partial charge is 0.367 e. The fourth-order valence-corrected chi connectivity index (χ4v) is 1.54. The number of nitrogens with one attached hydrogen (secondary N) is 1. The van der Waals surface area contributed by atoms with E-state index in [2.05, 4.69) is 41.3 Å². The van der Waals surface area contributed by atoms with Gasteiger partial charge in [0.05, 0.1) is 0 Å². The Balaban J connectivity index is 2.35. The average Bonchev–Trinajstić information content (AvgIpc) is 2.69. The summed E-state index contributed by atoms with van der Waals surface area (Å²) in [6.07, 6.45) is 4.54. The van der Waals surface area contributed by atoms with Crippen molar-refractivity contribution in [3.8, 4) is 0 Å². The van der Waals surface area contributed by atoms with Crippen molar-refractivity contribution in [2.75, 3.05) is 11.9 Å². The van der Waals surface area contributed by atoms with Crippen molar-refractivity contribution in [1.82, 2.24) is 19.6 Å². The second-order valence-corrected chi connectivity index (χ2v) is 4.21. The van der Waals surface area contributed by atoms with Gasteiger partial charge in [0.25, 0.3) is 0 Å². The van der Waals surface area contributed by atoms with Crippen LogP contribution in [0.2, 0.25) is 0 Å². The zero-order valence-corrected chi connectivity index (χ0v) is 9.94. The smallest absolute Gasteiger partial charge is 0.203 e. The second-order valence-electron chi connectivity index (χ2n) is 4.21. The van der Waals surface area contributed by atoms with Gasteiger partial charge in [-0.2, -0.15) is 0 Å². The molecule has 0 saturated heterocycles. The Bertz CT molecular complexity index is 474. The lowest BCUT2D eigenvalue weighted by Crippen LogP contribution is -2.10. The molecule has 0 fully saturated rings. The second kappa shape index (κ2) is 4.47. The molecular formula is C11H17N5. The minimum atomic E-state index is 0.579. The van der Waals surface area contributed by atoms with Crippen molar-refractivity contribution in [3.05, 3.63) is 18.2 Å². The van der Waals surface area contributed by atoms with Crippen LogP contribution < -0.4 is 5.32 Å². The summed E-state index contributed by atoms with van der Waals surface area (Å²) in [6, 6.07) is 0. The molecule has 0 aliphatic heterocycles. The molecule has 0 atom stereocenters. The number of nitrogens with zero attached hydrogens (tertiary/aromatic N) is 4. The van der Waals surface area contributed by atoms with Gasteiger partial charge in [0.15, 0.2) is 5.82 Å².